The molecule has 2 aliphatic rings. The molecule has 0 bridgehead atoms. The minimum atomic E-state index is 0.672. The van der Waals surface area contributed by atoms with E-state index in [1.807, 2.05) is 6.07 Å². The predicted molar refractivity (Wildman–Crippen MR) is 123 cm³/mol. The van der Waals surface area contributed by atoms with Crippen LogP contribution in [-0.4, -0.2) is 50.9 Å². The van der Waals surface area contributed by atoms with Crippen LogP contribution in [-0.2, 0) is 11.2 Å². The van der Waals surface area contributed by atoms with Crippen molar-refractivity contribution in [1.29, 1.82) is 0 Å². The quantitative estimate of drug-likeness (QED) is 0.455. The van der Waals surface area contributed by atoms with Crippen molar-refractivity contribution in [2.45, 2.75) is 25.7 Å². The Morgan fingerprint density at radius 3 is 2.77 bits per heavy atom. The van der Waals surface area contributed by atoms with Crippen molar-refractivity contribution in [3.05, 3.63) is 71.8 Å². The number of hydrogen-bond acceptors (Lipinski definition) is 4. The Bertz CT molecular complexity index is 800. The van der Waals surface area contributed by atoms with Gasteiger partial charge in [-0.1, -0.05) is 48.0 Å². The van der Waals surface area contributed by atoms with Gasteiger partial charge in [-0.2, -0.15) is 0 Å². The highest BCUT2D eigenvalue weighted by Crippen LogP contribution is 2.28. The number of hydrogen-bond donors (Lipinski definition) is 1. The van der Waals surface area contributed by atoms with Crippen LogP contribution in [0.5, 0.6) is 5.75 Å². The SMILES string of the molecule is C1=C(CNc2cccc(OCCCN3CCOCC3)c2)CC[C@@H]1Cc1ccccc1. The van der Waals surface area contributed by atoms with Crippen molar-refractivity contribution in [2.24, 2.45) is 5.92 Å². The van der Waals surface area contributed by atoms with Gasteiger partial charge in [0.1, 0.15) is 5.75 Å². The molecule has 1 aliphatic heterocycles. The Balaban J connectivity index is 1.18. The molecule has 0 amide bonds. The summed E-state index contributed by atoms with van der Waals surface area (Å²) in [5.74, 6) is 1.62. The zero-order chi connectivity index (χ0) is 20.4. The lowest BCUT2D eigenvalue weighted by molar-refractivity contribution is 0.0358. The number of rotatable bonds is 10. The van der Waals surface area contributed by atoms with Gasteiger partial charge in [0.2, 0.25) is 0 Å². The van der Waals surface area contributed by atoms with E-state index in [9.17, 15) is 0 Å². The minimum Gasteiger partial charge on any atom is -0.493 e. The van der Waals surface area contributed by atoms with Crippen LogP contribution in [0.4, 0.5) is 5.69 Å². The molecule has 2 aromatic rings. The maximum absolute atomic E-state index is 5.98. The molecule has 4 rings (SSSR count). The summed E-state index contributed by atoms with van der Waals surface area (Å²) in [6.07, 6.45) is 7.14. The lowest BCUT2D eigenvalue weighted by atomic mass is 9.99. The highest BCUT2D eigenvalue weighted by atomic mass is 16.5. The van der Waals surface area contributed by atoms with Crippen molar-refractivity contribution in [3.63, 3.8) is 0 Å². The number of nitrogens with one attached hydrogen (secondary N) is 1. The van der Waals surface area contributed by atoms with Crippen LogP contribution in [0.2, 0.25) is 0 Å². The van der Waals surface area contributed by atoms with Gasteiger partial charge in [-0.15, -0.1) is 0 Å². The summed E-state index contributed by atoms with van der Waals surface area (Å²) in [4.78, 5) is 2.45. The second-order valence-electron chi connectivity index (χ2n) is 8.35. The molecule has 0 saturated carbocycles. The minimum absolute atomic E-state index is 0.672. The van der Waals surface area contributed by atoms with Crippen LogP contribution in [0.1, 0.15) is 24.8 Å². The molecule has 1 fully saturated rings. The first-order valence-electron chi connectivity index (χ1n) is 11.4. The van der Waals surface area contributed by atoms with Gasteiger partial charge in [0.25, 0.3) is 0 Å². The maximum atomic E-state index is 5.98. The number of anilines is 1. The monoisotopic (exact) mass is 406 g/mol. The topological polar surface area (TPSA) is 33.7 Å². The lowest BCUT2D eigenvalue weighted by Gasteiger charge is -2.26. The molecule has 160 valence electrons. The highest BCUT2D eigenvalue weighted by molar-refractivity contribution is 5.49. The second-order valence-corrected chi connectivity index (χ2v) is 8.35. The Hall–Kier alpha value is -2.30. The largest absolute Gasteiger partial charge is 0.493 e. The number of morpholine rings is 1. The summed E-state index contributed by atoms with van der Waals surface area (Å²) in [5, 5.41) is 3.58. The van der Waals surface area contributed by atoms with Gasteiger partial charge in [0.15, 0.2) is 0 Å². The van der Waals surface area contributed by atoms with E-state index < -0.39 is 0 Å². The van der Waals surface area contributed by atoms with E-state index in [-0.39, 0.29) is 0 Å². The fourth-order valence-electron chi connectivity index (χ4n) is 4.31. The highest BCUT2D eigenvalue weighted by Gasteiger charge is 2.16. The van der Waals surface area contributed by atoms with Gasteiger partial charge in [0.05, 0.1) is 19.8 Å². The van der Waals surface area contributed by atoms with E-state index in [2.05, 4.69) is 64.8 Å². The second kappa shape index (κ2) is 11.2. The van der Waals surface area contributed by atoms with E-state index in [0.717, 1.165) is 70.3 Å². The summed E-state index contributed by atoms with van der Waals surface area (Å²) in [6.45, 7) is 6.57. The lowest BCUT2D eigenvalue weighted by Crippen LogP contribution is -2.37. The van der Waals surface area contributed by atoms with Crippen molar-refractivity contribution < 1.29 is 9.47 Å². The maximum Gasteiger partial charge on any atom is 0.121 e. The molecule has 30 heavy (non-hydrogen) atoms. The van der Waals surface area contributed by atoms with Crippen molar-refractivity contribution in [2.75, 3.05) is 51.3 Å². The summed E-state index contributed by atoms with van der Waals surface area (Å²) >= 11 is 0. The van der Waals surface area contributed by atoms with Gasteiger partial charge in [-0.05, 0) is 49.3 Å². The molecule has 0 aromatic heterocycles. The zero-order valence-electron chi connectivity index (χ0n) is 17.9. The summed E-state index contributed by atoms with van der Waals surface area (Å²) in [7, 11) is 0. The summed E-state index contributed by atoms with van der Waals surface area (Å²) in [6, 6.07) is 19.2. The van der Waals surface area contributed by atoms with E-state index in [1.165, 1.54) is 24.0 Å². The molecule has 1 heterocycles. The van der Waals surface area contributed by atoms with Gasteiger partial charge in [0, 0.05) is 37.9 Å². The number of ether oxygens (including phenoxy) is 2. The normalized spacial score (nSPS) is 19.5. The fraction of sp³-hybridized carbons (Fsp3) is 0.462. The molecule has 2 aromatic carbocycles. The third-order valence-corrected chi connectivity index (χ3v) is 5.99. The average Bonchev–Trinajstić information content (AvgIpc) is 3.24. The molecule has 1 N–H and O–H groups in total. The Morgan fingerprint density at radius 1 is 1.03 bits per heavy atom. The van der Waals surface area contributed by atoms with Crippen molar-refractivity contribution in [3.8, 4) is 5.75 Å². The molecule has 1 atom stereocenters. The van der Waals surface area contributed by atoms with Crippen LogP contribution in [0.25, 0.3) is 0 Å². The Morgan fingerprint density at radius 2 is 1.90 bits per heavy atom. The first kappa shape index (κ1) is 21.0. The molecule has 1 aliphatic carbocycles. The van der Waals surface area contributed by atoms with E-state index in [4.69, 9.17) is 9.47 Å². The Kier molecular flexibility index (Phi) is 7.81. The number of nitrogens with zero attached hydrogens (tertiary/aromatic N) is 1. The van der Waals surface area contributed by atoms with Crippen molar-refractivity contribution in [1.82, 2.24) is 4.90 Å². The first-order chi connectivity index (χ1) is 14.8. The molecule has 4 nitrogen and oxygen atoms in total. The molecule has 1 saturated heterocycles. The third-order valence-electron chi connectivity index (χ3n) is 5.99. The zero-order valence-corrected chi connectivity index (χ0v) is 17.9. The van der Waals surface area contributed by atoms with Crippen molar-refractivity contribution >= 4 is 5.69 Å². The average molecular weight is 407 g/mol. The smallest absolute Gasteiger partial charge is 0.121 e. The Labute approximate surface area is 180 Å². The van der Waals surface area contributed by atoms with Gasteiger partial charge >= 0.3 is 0 Å². The molecular formula is C26H34N2O2. The van der Waals surface area contributed by atoms with Crippen LogP contribution >= 0.6 is 0 Å². The van der Waals surface area contributed by atoms with E-state index in [0.29, 0.717) is 5.92 Å². The van der Waals surface area contributed by atoms with Crippen LogP contribution in [0.3, 0.4) is 0 Å². The standard InChI is InChI=1S/C26H34N2O2/c1-2-6-22(7-3-1)18-23-10-11-24(19-23)21-27-25-8-4-9-26(20-25)30-15-5-12-28-13-16-29-17-14-28/h1-4,6-9,19-20,23,27H,5,10-18,21H2/t23-/m1/s1. The summed E-state index contributed by atoms with van der Waals surface area (Å²) < 4.78 is 11.4. The van der Waals surface area contributed by atoms with E-state index >= 15 is 0 Å². The van der Waals surface area contributed by atoms with Gasteiger partial charge in [-0.25, -0.2) is 0 Å². The van der Waals surface area contributed by atoms with Crippen LogP contribution < -0.4 is 10.1 Å². The van der Waals surface area contributed by atoms with Gasteiger partial charge < -0.3 is 14.8 Å². The number of allylic oxidation sites excluding steroid dienone is 1. The summed E-state index contributed by atoms with van der Waals surface area (Å²) in [5.41, 5.74) is 4.09. The van der Waals surface area contributed by atoms with E-state index in [1.54, 1.807) is 0 Å². The first-order valence-corrected chi connectivity index (χ1v) is 11.4. The van der Waals surface area contributed by atoms with Gasteiger partial charge in [-0.3, -0.25) is 4.90 Å². The molecule has 4 heteroatoms. The van der Waals surface area contributed by atoms with Crippen LogP contribution in [0, 0.1) is 5.92 Å². The molecule has 0 spiro atoms. The molecular weight excluding hydrogens is 372 g/mol. The fourth-order valence-corrected chi connectivity index (χ4v) is 4.31. The van der Waals surface area contributed by atoms with Crippen LogP contribution in [0.15, 0.2) is 66.2 Å². The molecule has 0 radical (unpaired) electrons. The predicted octanol–water partition coefficient (Wildman–Crippen LogP) is 4.78. The third kappa shape index (κ3) is 6.61. The number of benzene rings is 2. The molecule has 0 unspecified atom stereocenters.